The maximum absolute atomic E-state index is 13.8. The molecule has 0 saturated carbocycles. The molecule has 2 aliphatic rings. The molecule has 172 valence electrons. The second kappa shape index (κ2) is 9.63. The molecule has 1 atom stereocenters. The standard InChI is InChI=1S/C25H31NO5S/c1-3-21-9-8-20-6-4-5-7-24(20)26(21)32(28,29)22-10-11-25(23(16-22)18(2)27)31-17-19-12-14-30-15-13-19/h4-7,10-11,16,19,21H,3,8-9,12-15,17H2,1-2H3/t21-/m1/s1. The van der Waals surface area contributed by atoms with Gasteiger partial charge in [0.15, 0.2) is 5.78 Å². The van der Waals surface area contributed by atoms with Crippen LogP contribution in [-0.2, 0) is 21.2 Å². The van der Waals surface area contributed by atoms with E-state index in [2.05, 4.69) is 0 Å². The Labute approximate surface area is 190 Å². The predicted molar refractivity (Wildman–Crippen MR) is 124 cm³/mol. The minimum atomic E-state index is -3.84. The fraction of sp³-hybridized carbons (Fsp3) is 0.480. The molecule has 1 saturated heterocycles. The van der Waals surface area contributed by atoms with Crippen molar-refractivity contribution in [1.29, 1.82) is 0 Å². The van der Waals surface area contributed by atoms with Crippen molar-refractivity contribution in [2.75, 3.05) is 24.1 Å². The Kier molecular flexibility index (Phi) is 6.86. The summed E-state index contributed by atoms with van der Waals surface area (Å²) in [6.07, 6.45) is 4.21. The van der Waals surface area contributed by atoms with Crippen LogP contribution in [0.2, 0.25) is 0 Å². The smallest absolute Gasteiger partial charge is 0.264 e. The normalized spacial score (nSPS) is 19.4. The van der Waals surface area contributed by atoms with E-state index in [9.17, 15) is 13.2 Å². The fourth-order valence-corrected chi connectivity index (χ4v) is 6.39. The summed E-state index contributed by atoms with van der Waals surface area (Å²) in [6, 6.07) is 12.2. The number of ketones is 1. The van der Waals surface area contributed by atoms with Gasteiger partial charge in [-0.3, -0.25) is 9.10 Å². The van der Waals surface area contributed by atoms with Crippen LogP contribution in [0.15, 0.2) is 47.4 Å². The third-order valence-electron chi connectivity index (χ3n) is 6.48. The lowest BCUT2D eigenvalue weighted by molar-refractivity contribution is 0.0495. The molecule has 32 heavy (non-hydrogen) atoms. The van der Waals surface area contributed by atoms with Crippen molar-refractivity contribution in [3.63, 3.8) is 0 Å². The Morgan fingerprint density at radius 2 is 1.88 bits per heavy atom. The number of anilines is 1. The maximum Gasteiger partial charge on any atom is 0.264 e. The molecule has 7 heteroatoms. The maximum atomic E-state index is 13.8. The number of benzene rings is 2. The molecule has 0 N–H and O–H groups in total. The first-order valence-electron chi connectivity index (χ1n) is 11.4. The molecule has 1 fully saturated rings. The summed E-state index contributed by atoms with van der Waals surface area (Å²) in [7, 11) is -3.84. The van der Waals surface area contributed by atoms with Crippen LogP contribution in [0.25, 0.3) is 0 Å². The molecular weight excluding hydrogens is 426 g/mol. The molecule has 0 spiro atoms. The number of hydrogen-bond acceptors (Lipinski definition) is 5. The van der Waals surface area contributed by atoms with Crippen LogP contribution in [0, 0.1) is 5.92 Å². The summed E-state index contributed by atoms with van der Waals surface area (Å²) < 4.78 is 40.4. The van der Waals surface area contributed by atoms with E-state index in [0.29, 0.717) is 23.8 Å². The number of carbonyl (C=O) groups excluding carboxylic acids is 1. The van der Waals surface area contributed by atoms with Crippen molar-refractivity contribution in [2.45, 2.75) is 56.9 Å². The molecule has 0 amide bonds. The van der Waals surface area contributed by atoms with E-state index in [1.165, 1.54) is 13.0 Å². The molecule has 0 aromatic heterocycles. The lowest BCUT2D eigenvalue weighted by atomic mass is 9.97. The fourth-order valence-electron chi connectivity index (χ4n) is 4.57. The Morgan fingerprint density at radius 3 is 2.59 bits per heavy atom. The van der Waals surface area contributed by atoms with Gasteiger partial charge in [0, 0.05) is 19.3 Å². The second-order valence-electron chi connectivity index (χ2n) is 8.61. The molecule has 2 heterocycles. The molecular formula is C25H31NO5S. The largest absolute Gasteiger partial charge is 0.493 e. The molecule has 6 nitrogen and oxygen atoms in total. The summed E-state index contributed by atoms with van der Waals surface area (Å²) in [5.41, 5.74) is 2.07. The molecule has 0 aliphatic carbocycles. The molecule has 0 bridgehead atoms. The number of ether oxygens (including phenoxy) is 2. The van der Waals surface area contributed by atoms with Gasteiger partial charge < -0.3 is 9.47 Å². The van der Waals surface area contributed by atoms with Crippen LogP contribution in [-0.4, -0.2) is 40.1 Å². The minimum Gasteiger partial charge on any atom is -0.493 e. The first kappa shape index (κ1) is 22.8. The molecule has 2 aliphatic heterocycles. The number of fused-ring (bicyclic) bond motifs is 1. The van der Waals surface area contributed by atoms with Crippen LogP contribution in [0.5, 0.6) is 5.75 Å². The Bertz CT molecular complexity index is 1080. The molecule has 4 rings (SSSR count). The number of hydrogen-bond donors (Lipinski definition) is 0. The highest BCUT2D eigenvalue weighted by Gasteiger charge is 2.35. The van der Waals surface area contributed by atoms with E-state index in [0.717, 1.165) is 56.6 Å². The lowest BCUT2D eigenvalue weighted by Gasteiger charge is -2.37. The number of aryl methyl sites for hydroxylation is 1. The average molecular weight is 458 g/mol. The van der Waals surface area contributed by atoms with Crippen LogP contribution in [0.4, 0.5) is 5.69 Å². The van der Waals surface area contributed by atoms with E-state index in [1.54, 1.807) is 16.4 Å². The van der Waals surface area contributed by atoms with Crippen molar-refractivity contribution in [1.82, 2.24) is 0 Å². The number of carbonyl (C=O) groups is 1. The van der Waals surface area contributed by atoms with Gasteiger partial charge in [-0.05, 0) is 74.8 Å². The van der Waals surface area contributed by atoms with Gasteiger partial charge in [-0.15, -0.1) is 0 Å². The van der Waals surface area contributed by atoms with E-state index in [1.807, 2.05) is 31.2 Å². The number of sulfonamides is 1. The zero-order valence-corrected chi connectivity index (χ0v) is 19.6. The predicted octanol–water partition coefficient (Wildman–Crippen LogP) is 4.61. The van der Waals surface area contributed by atoms with Gasteiger partial charge in [-0.25, -0.2) is 8.42 Å². The highest BCUT2D eigenvalue weighted by atomic mass is 32.2. The Morgan fingerprint density at radius 1 is 1.12 bits per heavy atom. The Hall–Kier alpha value is -2.38. The summed E-state index contributed by atoms with van der Waals surface area (Å²) >= 11 is 0. The lowest BCUT2D eigenvalue weighted by Crippen LogP contribution is -2.43. The first-order valence-corrected chi connectivity index (χ1v) is 12.8. The van der Waals surface area contributed by atoms with E-state index < -0.39 is 10.0 Å². The molecule has 0 unspecified atom stereocenters. The number of Topliss-reactive ketones (excluding diaryl/α,β-unsaturated/α-hetero) is 1. The summed E-state index contributed by atoms with van der Waals surface area (Å²) in [6.45, 7) is 5.39. The summed E-state index contributed by atoms with van der Waals surface area (Å²) in [5.74, 6) is 0.603. The van der Waals surface area contributed by atoms with Crippen molar-refractivity contribution < 1.29 is 22.7 Å². The quantitative estimate of drug-likeness (QED) is 0.568. The highest BCUT2D eigenvalue weighted by Crippen LogP contribution is 2.37. The van der Waals surface area contributed by atoms with Gasteiger partial charge in [0.05, 0.1) is 22.8 Å². The zero-order valence-electron chi connectivity index (χ0n) is 18.7. The molecule has 2 aromatic carbocycles. The monoisotopic (exact) mass is 457 g/mol. The molecule has 0 radical (unpaired) electrons. The van der Waals surface area contributed by atoms with Crippen molar-refractivity contribution in [3.8, 4) is 5.75 Å². The van der Waals surface area contributed by atoms with Crippen molar-refractivity contribution >= 4 is 21.5 Å². The van der Waals surface area contributed by atoms with Gasteiger partial charge in [-0.2, -0.15) is 0 Å². The van der Waals surface area contributed by atoms with Crippen LogP contribution < -0.4 is 9.04 Å². The third kappa shape index (κ3) is 4.55. The van der Waals surface area contributed by atoms with Gasteiger partial charge >= 0.3 is 0 Å². The number of para-hydroxylation sites is 1. The van der Waals surface area contributed by atoms with Gasteiger partial charge in [0.2, 0.25) is 0 Å². The van der Waals surface area contributed by atoms with E-state index in [-0.39, 0.29) is 16.7 Å². The summed E-state index contributed by atoms with van der Waals surface area (Å²) in [5, 5.41) is 0. The molecule has 2 aromatic rings. The average Bonchev–Trinajstić information content (AvgIpc) is 2.82. The third-order valence-corrected chi connectivity index (χ3v) is 8.34. The highest BCUT2D eigenvalue weighted by molar-refractivity contribution is 7.92. The van der Waals surface area contributed by atoms with Crippen molar-refractivity contribution in [2.24, 2.45) is 5.92 Å². The number of rotatable bonds is 7. The van der Waals surface area contributed by atoms with E-state index >= 15 is 0 Å². The Balaban J connectivity index is 1.66. The van der Waals surface area contributed by atoms with E-state index in [4.69, 9.17) is 9.47 Å². The topological polar surface area (TPSA) is 72.9 Å². The van der Waals surface area contributed by atoms with Crippen LogP contribution in [0.1, 0.15) is 55.5 Å². The zero-order chi connectivity index (χ0) is 22.7. The van der Waals surface area contributed by atoms with Crippen LogP contribution in [0.3, 0.4) is 0 Å². The number of nitrogens with zero attached hydrogens (tertiary/aromatic N) is 1. The summed E-state index contributed by atoms with van der Waals surface area (Å²) in [4.78, 5) is 12.5. The first-order chi connectivity index (χ1) is 15.4. The SMILES string of the molecule is CC[C@@H]1CCc2ccccc2N1S(=O)(=O)c1ccc(OCC2CCOCC2)c(C(C)=O)c1. The van der Waals surface area contributed by atoms with Crippen LogP contribution >= 0.6 is 0 Å². The van der Waals surface area contributed by atoms with Gasteiger partial charge in [-0.1, -0.05) is 25.1 Å². The van der Waals surface area contributed by atoms with Gasteiger partial charge in [0.25, 0.3) is 10.0 Å². The van der Waals surface area contributed by atoms with Gasteiger partial charge in [0.1, 0.15) is 5.75 Å². The second-order valence-corrected chi connectivity index (χ2v) is 10.4. The minimum absolute atomic E-state index is 0.111. The van der Waals surface area contributed by atoms with Crippen molar-refractivity contribution in [3.05, 3.63) is 53.6 Å².